The van der Waals surface area contributed by atoms with Crippen LogP contribution in [0, 0.1) is 11.8 Å². The average Bonchev–Trinajstić information content (AvgIpc) is 2.75. The maximum absolute atomic E-state index is 12.9. The lowest BCUT2D eigenvalue weighted by Gasteiger charge is -2.25. The third-order valence-corrected chi connectivity index (χ3v) is 5.00. The summed E-state index contributed by atoms with van der Waals surface area (Å²) >= 11 is 3.99. The first kappa shape index (κ1) is 27.4. The van der Waals surface area contributed by atoms with Crippen molar-refractivity contribution in [2.75, 3.05) is 12.9 Å². The standard InChI is InChI=1S/C22H33N3O6S/c1-12(2)18(25-19(26)16(23)11-32)20(27)24-17(22(29)30-5)10-14-7-6-8-15(9-14)31-21(28)13(3)4/h6-9,12-13,16-18,32H,10-11,23H2,1-5H3,(H,24,27)(H,25,26)/t16-,17-,18-/m0/s1. The maximum atomic E-state index is 12.9. The largest absolute Gasteiger partial charge is 0.467 e. The van der Waals surface area contributed by atoms with Crippen molar-refractivity contribution < 1.29 is 28.7 Å². The fourth-order valence-electron chi connectivity index (χ4n) is 2.68. The molecule has 178 valence electrons. The first-order valence-electron chi connectivity index (χ1n) is 10.4. The van der Waals surface area contributed by atoms with Crippen LogP contribution in [0.2, 0.25) is 0 Å². The number of carbonyl (C=O) groups excluding carboxylic acids is 4. The van der Waals surface area contributed by atoms with Crippen LogP contribution in [-0.4, -0.2) is 54.7 Å². The fourth-order valence-corrected chi connectivity index (χ4v) is 2.85. The van der Waals surface area contributed by atoms with E-state index in [1.807, 2.05) is 0 Å². The highest BCUT2D eigenvalue weighted by atomic mass is 32.1. The molecular formula is C22H33N3O6S. The molecule has 0 unspecified atom stereocenters. The second-order valence-electron chi connectivity index (χ2n) is 8.03. The highest BCUT2D eigenvalue weighted by Crippen LogP contribution is 2.17. The molecule has 10 heteroatoms. The molecule has 0 aliphatic heterocycles. The second-order valence-corrected chi connectivity index (χ2v) is 8.40. The van der Waals surface area contributed by atoms with Crippen molar-refractivity contribution in [1.29, 1.82) is 0 Å². The molecule has 0 heterocycles. The van der Waals surface area contributed by atoms with Crippen LogP contribution in [0.15, 0.2) is 24.3 Å². The minimum atomic E-state index is -1.01. The number of methoxy groups -OCH3 is 1. The van der Waals surface area contributed by atoms with Crippen LogP contribution in [0.3, 0.4) is 0 Å². The Hall–Kier alpha value is -2.59. The van der Waals surface area contributed by atoms with Gasteiger partial charge in [-0.25, -0.2) is 4.79 Å². The Bertz CT molecular complexity index is 815. The number of rotatable bonds is 11. The number of carbonyl (C=O) groups is 4. The molecule has 0 fully saturated rings. The molecule has 1 aromatic carbocycles. The van der Waals surface area contributed by atoms with Crippen molar-refractivity contribution in [3.8, 4) is 5.75 Å². The zero-order valence-corrected chi connectivity index (χ0v) is 20.0. The summed E-state index contributed by atoms with van der Waals surface area (Å²) in [7, 11) is 1.22. The summed E-state index contributed by atoms with van der Waals surface area (Å²) in [6.45, 7) is 6.97. The van der Waals surface area contributed by atoms with Gasteiger partial charge in [0.2, 0.25) is 11.8 Å². The fraction of sp³-hybridized carbons (Fsp3) is 0.545. The lowest BCUT2D eigenvalue weighted by atomic mass is 10.0. The predicted octanol–water partition coefficient (Wildman–Crippen LogP) is 0.846. The molecule has 9 nitrogen and oxygen atoms in total. The van der Waals surface area contributed by atoms with Crippen LogP contribution in [0.25, 0.3) is 0 Å². The van der Waals surface area contributed by atoms with E-state index in [9.17, 15) is 19.2 Å². The molecule has 0 saturated carbocycles. The number of hydrogen-bond acceptors (Lipinski definition) is 8. The van der Waals surface area contributed by atoms with E-state index < -0.39 is 35.9 Å². The zero-order valence-electron chi connectivity index (χ0n) is 19.1. The first-order chi connectivity index (χ1) is 15.0. The molecule has 0 aliphatic carbocycles. The Balaban J connectivity index is 2.99. The summed E-state index contributed by atoms with van der Waals surface area (Å²) in [5.74, 6) is -2.17. The highest BCUT2D eigenvalue weighted by molar-refractivity contribution is 7.80. The lowest BCUT2D eigenvalue weighted by Crippen LogP contribution is -2.57. The van der Waals surface area contributed by atoms with Gasteiger partial charge in [-0.3, -0.25) is 14.4 Å². The van der Waals surface area contributed by atoms with Crippen molar-refractivity contribution in [2.24, 2.45) is 17.6 Å². The van der Waals surface area contributed by atoms with Crippen molar-refractivity contribution in [3.05, 3.63) is 29.8 Å². The Labute approximate surface area is 194 Å². The average molecular weight is 468 g/mol. The molecule has 1 rings (SSSR count). The molecule has 4 N–H and O–H groups in total. The van der Waals surface area contributed by atoms with Crippen molar-refractivity contribution >= 4 is 36.4 Å². The van der Waals surface area contributed by atoms with Crippen molar-refractivity contribution in [2.45, 2.75) is 52.2 Å². The number of hydrogen-bond donors (Lipinski definition) is 4. The van der Waals surface area contributed by atoms with Gasteiger partial charge in [-0.05, 0) is 23.6 Å². The lowest BCUT2D eigenvalue weighted by molar-refractivity contribution is -0.145. The Morgan fingerprint density at radius 2 is 1.69 bits per heavy atom. The second kappa shape index (κ2) is 13.1. The van der Waals surface area contributed by atoms with Gasteiger partial charge < -0.3 is 25.8 Å². The van der Waals surface area contributed by atoms with Crippen LogP contribution < -0.4 is 21.1 Å². The molecule has 0 aromatic heterocycles. The van der Waals surface area contributed by atoms with Gasteiger partial charge in [-0.15, -0.1) is 0 Å². The number of benzene rings is 1. The van der Waals surface area contributed by atoms with Crippen LogP contribution in [0.1, 0.15) is 33.3 Å². The molecule has 0 radical (unpaired) electrons. The molecule has 0 spiro atoms. The SMILES string of the molecule is COC(=O)[C@H](Cc1cccc(OC(=O)C(C)C)c1)NC(=O)[C@@H](NC(=O)[C@@H](N)CS)C(C)C. The van der Waals surface area contributed by atoms with Crippen LogP contribution in [0.4, 0.5) is 0 Å². The molecule has 0 aliphatic rings. The third kappa shape index (κ3) is 8.51. The Morgan fingerprint density at radius 1 is 1.03 bits per heavy atom. The van der Waals surface area contributed by atoms with Gasteiger partial charge in [0.1, 0.15) is 17.8 Å². The van der Waals surface area contributed by atoms with E-state index in [-0.39, 0.29) is 30.0 Å². The summed E-state index contributed by atoms with van der Waals surface area (Å²) in [6, 6.07) is 3.90. The third-order valence-electron chi connectivity index (χ3n) is 4.61. The van der Waals surface area contributed by atoms with E-state index in [0.29, 0.717) is 11.3 Å². The summed E-state index contributed by atoms with van der Waals surface area (Å²) in [5, 5.41) is 5.24. The molecule has 2 amide bonds. The van der Waals surface area contributed by atoms with E-state index in [4.69, 9.17) is 15.2 Å². The Morgan fingerprint density at radius 3 is 2.22 bits per heavy atom. The van der Waals surface area contributed by atoms with E-state index in [0.717, 1.165) is 0 Å². The quantitative estimate of drug-likeness (QED) is 0.215. The number of nitrogens with two attached hydrogens (primary N) is 1. The van der Waals surface area contributed by atoms with Gasteiger partial charge in [0, 0.05) is 12.2 Å². The van der Waals surface area contributed by atoms with Crippen molar-refractivity contribution in [1.82, 2.24) is 10.6 Å². The van der Waals surface area contributed by atoms with Gasteiger partial charge in [0.15, 0.2) is 0 Å². The topological polar surface area (TPSA) is 137 Å². The Kier molecular flexibility index (Phi) is 11.2. The van der Waals surface area contributed by atoms with Gasteiger partial charge in [-0.2, -0.15) is 12.6 Å². The van der Waals surface area contributed by atoms with E-state index >= 15 is 0 Å². The van der Waals surface area contributed by atoms with Gasteiger partial charge in [-0.1, -0.05) is 39.8 Å². The minimum absolute atomic E-state index is 0.0976. The predicted molar refractivity (Wildman–Crippen MR) is 123 cm³/mol. The summed E-state index contributed by atoms with van der Waals surface area (Å²) < 4.78 is 10.1. The molecular weight excluding hydrogens is 434 g/mol. The van der Waals surface area contributed by atoms with E-state index in [1.54, 1.807) is 52.0 Å². The van der Waals surface area contributed by atoms with Gasteiger partial charge in [0.25, 0.3) is 0 Å². The molecule has 1 aromatic rings. The number of esters is 2. The van der Waals surface area contributed by atoms with E-state index in [1.165, 1.54) is 7.11 Å². The number of nitrogens with one attached hydrogen (secondary N) is 2. The normalized spacial score (nSPS) is 13.8. The molecule has 32 heavy (non-hydrogen) atoms. The molecule has 0 saturated heterocycles. The number of ether oxygens (including phenoxy) is 2. The molecule has 0 bridgehead atoms. The number of amides is 2. The van der Waals surface area contributed by atoms with E-state index in [2.05, 4.69) is 23.3 Å². The zero-order chi connectivity index (χ0) is 24.4. The highest BCUT2D eigenvalue weighted by Gasteiger charge is 2.30. The van der Waals surface area contributed by atoms with Crippen LogP contribution in [0.5, 0.6) is 5.75 Å². The van der Waals surface area contributed by atoms with Crippen LogP contribution in [-0.2, 0) is 30.3 Å². The van der Waals surface area contributed by atoms with Crippen molar-refractivity contribution in [3.63, 3.8) is 0 Å². The summed E-state index contributed by atoms with van der Waals surface area (Å²) in [5.41, 5.74) is 6.33. The minimum Gasteiger partial charge on any atom is -0.467 e. The summed E-state index contributed by atoms with van der Waals surface area (Å²) in [6.07, 6.45) is 0.0976. The molecule has 3 atom stereocenters. The first-order valence-corrected chi connectivity index (χ1v) is 11.0. The van der Waals surface area contributed by atoms with Crippen LogP contribution >= 0.6 is 12.6 Å². The maximum Gasteiger partial charge on any atom is 0.328 e. The van der Waals surface area contributed by atoms with Gasteiger partial charge >= 0.3 is 11.9 Å². The number of thiol groups is 1. The summed E-state index contributed by atoms with van der Waals surface area (Å²) in [4.78, 5) is 49.2. The van der Waals surface area contributed by atoms with Gasteiger partial charge in [0.05, 0.1) is 19.1 Å². The monoisotopic (exact) mass is 467 g/mol. The smallest absolute Gasteiger partial charge is 0.328 e.